The van der Waals surface area contributed by atoms with E-state index in [4.69, 9.17) is 14.8 Å². The molecular weight excluding hydrogens is 415 g/mol. The fourth-order valence-electron chi connectivity index (χ4n) is 3.14. The van der Waals surface area contributed by atoms with Crippen molar-refractivity contribution >= 4 is 19.4 Å². The topological polar surface area (TPSA) is 108 Å². The molecule has 2 amide bonds. The highest BCUT2D eigenvalue weighted by Crippen LogP contribution is 2.51. The Bertz CT molecular complexity index is 949. The number of nitrogens with one attached hydrogen (secondary N) is 1. The lowest BCUT2D eigenvalue weighted by Crippen LogP contribution is -2.45. The van der Waals surface area contributed by atoms with Crippen LogP contribution in [0.5, 0.6) is 0 Å². The van der Waals surface area contributed by atoms with Gasteiger partial charge in [-0.2, -0.15) is 0 Å². The Morgan fingerprint density at radius 1 is 0.968 bits per heavy atom. The zero-order valence-electron chi connectivity index (χ0n) is 18.5. The first-order chi connectivity index (χ1) is 14.7. The van der Waals surface area contributed by atoms with Crippen molar-refractivity contribution in [3.63, 3.8) is 0 Å². The Kier molecular flexibility index (Phi) is 8.99. The highest BCUT2D eigenvalue weighted by molar-refractivity contribution is 7.53. The van der Waals surface area contributed by atoms with E-state index in [0.29, 0.717) is 12.0 Å². The normalized spacial score (nSPS) is 12.4. The van der Waals surface area contributed by atoms with Gasteiger partial charge in [-0.15, -0.1) is 0 Å². The van der Waals surface area contributed by atoms with Gasteiger partial charge in [-0.3, -0.25) is 14.2 Å². The van der Waals surface area contributed by atoms with E-state index in [2.05, 4.69) is 5.32 Å². The molecule has 8 heteroatoms. The minimum absolute atomic E-state index is 0.118. The molecule has 0 heterocycles. The smallest absolute Gasteiger partial charge is 0.335 e. The number of rotatable bonds is 11. The summed E-state index contributed by atoms with van der Waals surface area (Å²) in [4.78, 5) is 24.6. The monoisotopic (exact) mass is 446 g/mol. The van der Waals surface area contributed by atoms with Crippen LogP contribution in [0.15, 0.2) is 42.5 Å². The molecule has 0 spiro atoms. The highest BCUT2D eigenvalue weighted by atomic mass is 31.2. The van der Waals surface area contributed by atoms with Crippen molar-refractivity contribution in [3.8, 4) is 0 Å². The summed E-state index contributed by atoms with van der Waals surface area (Å²) in [5.41, 5.74) is 9.80. The number of carbonyl (C=O) groups is 2. The molecule has 2 rings (SSSR count). The molecule has 31 heavy (non-hydrogen) atoms. The first-order valence-corrected chi connectivity index (χ1v) is 12.0. The number of aryl methyl sites for hydroxylation is 2. The van der Waals surface area contributed by atoms with Gasteiger partial charge in [-0.25, -0.2) is 0 Å². The molecule has 2 aromatic carbocycles. The third-order valence-electron chi connectivity index (χ3n) is 4.90. The number of benzene rings is 2. The van der Waals surface area contributed by atoms with Gasteiger partial charge in [0.1, 0.15) is 6.04 Å². The van der Waals surface area contributed by atoms with Crippen molar-refractivity contribution in [2.45, 2.75) is 46.3 Å². The zero-order chi connectivity index (χ0) is 23.0. The molecule has 0 saturated carbocycles. The molecule has 0 saturated heterocycles. The van der Waals surface area contributed by atoms with Gasteiger partial charge in [0, 0.05) is 12.0 Å². The molecule has 0 aliphatic rings. The Morgan fingerprint density at radius 2 is 1.55 bits per heavy atom. The number of hydrogen-bond donors (Lipinski definition) is 2. The molecule has 1 atom stereocenters. The van der Waals surface area contributed by atoms with Crippen LogP contribution >= 0.6 is 7.60 Å². The van der Waals surface area contributed by atoms with Gasteiger partial charge in [0.2, 0.25) is 5.91 Å². The summed E-state index contributed by atoms with van der Waals surface area (Å²) >= 11 is 0. The molecule has 0 aromatic heterocycles. The van der Waals surface area contributed by atoms with E-state index in [1.807, 2.05) is 32.0 Å². The number of nitrogens with two attached hydrogens (primary N) is 1. The number of primary amides is 1. The predicted octanol–water partition coefficient (Wildman–Crippen LogP) is 3.90. The van der Waals surface area contributed by atoms with Crippen LogP contribution in [0.3, 0.4) is 0 Å². The average molecular weight is 446 g/mol. The Morgan fingerprint density at radius 3 is 2.06 bits per heavy atom. The molecule has 0 bridgehead atoms. The van der Waals surface area contributed by atoms with Crippen LogP contribution in [-0.4, -0.2) is 31.1 Å². The standard InChI is InChI=1S/C23H31N2O5P/c1-5-29-31(28,30-6-2)15-18-9-11-20(12-10-18)23(27)25-21(22(24)26)14-19-8-7-16(3)17(4)13-19/h7-13,21H,5-6,14-15H2,1-4H3,(H2,24,26)(H,25,27)/t21-/m0/s1. The summed E-state index contributed by atoms with van der Waals surface area (Å²) in [5.74, 6) is -1.01. The molecule has 3 N–H and O–H groups in total. The van der Waals surface area contributed by atoms with Crippen molar-refractivity contribution in [1.82, 2.24) is 5.32 Å². The maximum absolute atomic E-state index is 12.7. The van der Waals surface area contributed by atoms with Gasteiger partial charge in [0.05, 0.1) is 19.4 Å². The molecule has 0 fully saturated rings. The third kappa shape index (κ3) is 7.31. The lowest BCUT2D eigenvalue weighted by Gasteiger charge is -2.18. The van der Waals surface area contributed by atoms with Crippen molar-refractivity contribution in [3.05, 3.63) is 70.3 Å². The van der Waals surface area contributed by atoms with Crippen LogP contribution in [0.4, 0.5) is 0 Å². The van der Waals surface area contributed by atoms with Gasteiger partial charge in [0.25, 0.3) is 5.91 Å². The van der Waals surface area contributed by atoms with E-state index in [1.54, 1.807) is 38.1 Å². The first kappa shape index (κ1) is 24.8. The summed E-state index contributed by atoms with van der Waals surface area (Å²) in [5, 5.41) is 2.71. The fraction of sp³-hybridized carbons (Fsp3) is 0.391. The van der Waals surface area contributed by atoms with Gasteiger partial charge in [-0.1, -0.05) is 30.3 Å². The Balaban J connectivity index is 2.08. The predicted molar refractivity (Wildman–Crippen MR) is 121 cm³/mol. The lowest BCUT2D eigenvalue weighted by atomic mass is 10.0. The summed E-state index contributed by atoms with van der Waals surface area (Å²) in [7, 11) is -3.22. The van der Waals surface area contributed by atoms with Crippen LogP contribution < -0.4 is 11.1 Å². The van der Waals surface area contributed by atoms with Crippen LogP contribution in [0.1, 0.15) is 46.5 Å². The van der Waals surface area contributed by atoms with Crippen molar-refractivity contribution < 1.29 is 23.2 Å². The van der Waals surface area contributed by atoms with E-state index in [-0.39, 0.29) is 19.4 Å². The van der Waals surface area contributed by atoms with Gasteiger partial charge < -0.3 is 20.1 Å². The van der Waals surface area contributed by atoms with E-state index < -0.39 is 25.5 Å². The van der Waals surface area contributed by atoms with Crippen LogP contribution in [0.2, 0.25) is 0 Å². The highest BCUT2D eigenvalue weighted by Gasteiger charge is 2.24. The quantitative estimate of drug-likeness (QED) is 0.509. The first-order valence-electron chi connectivity index (χ1n) is 10.3. The number of hydrogen-bond acceptors (Lipinski definition) is 5. The van der Waals surface area contributed by atoms with E-state index in [1.165, 1.54) is 0 Å². The summed E-state index contributed by atoms with van der Waals surface area (Å²) < 4.78 is 23.3. The summed E-state index contributed by atoms with van der Waals surface area (Å²) in [6.45, 7) is 8.09. The molecule has 0 radical (unpaired) electrons. The maximum atomic E-state index is 12.7. The average Bonchev–Trinajstić information content (AvgIpc) is 2.70. The SMILES string of the molecule is CCOP(=O)(Cc1ccc(C(=O)N[C@@H](Cc2ccc(C)c(C)c2)C(N)=O)cc1)OCC. The van der Waals surface area contributed by atoms with E-state index >= 15 is 0 Å². The van der Waals surface area contributed by atoms with Crippen molar-refractivity contribution in [2.75, 3.05) is 13.2 Å². The van der Waals surface area contributed by atoms with Crippen LogP contribution in [0.25, 0.3) is 0 Å². The van der Waals surface area contributed by atoms with Gasteiger partial charge >= 0.3 is 7.60 Å². The molecule has 168 valence electrons. The molecule has 0 aliphatic carbocycles. The van der Waals surface area contributed by atoms with Gasteiger partial charge in [0.15, 0.2) is 0 Å². The lowest BCUT2D eigenvalue weighted by molar-refractivity contribution is -0.119. The molecule has 0 unspecified atom stereocenters. The second-order valence-corrected chi connectivity index (χ2v) is 9.41. The number of amides is 2. The van der Waals surface area contributed by atoms with Crippen LogP contribution in [-0.2, 0) is 31.0 Å². The van der Waals surface area contributed by atoms with E-state index in [9.17, 15) is 14.2 Å². The molecule has 0 aliphatic heterocycles. The summed E-state index contributed by atoms with van der Waals surface area (Å²) in [6.07, 6.45) is 0.430. The maximum Gasteiger partial charge on any atom is 0.335 e. The van der Waals surface area contributed by atoms with Crippen molar-refractivity contribution in [1.29, 1.82) is 0 Å². The van der Waals surface area contributed by atoms with Crippen molar-refractivity contribution in [2.24, 2.45) is 5.73 Å². The van der Waals surface area contributed by atoms with Crippen LogP contribution in [0, 0.1) is 13.8 Å². The van der Waals surface area contributed by atoms with Gasteiger partial charge in [-0.05, 0) is 62.1 Å². The molecule has 7 nitrogen and oxygen atoms in total. The number of carbonyl (C=O) groups excluding carboxylic acids is 2. The zero-order valence-corrected chi connectivity index (χ0v) is 19.4. The minimum Gasteiger partial charge on any atom is -0.368 e. The third-order valence-corrected chi connectivity index (χ3v) is 6.96. The fourth-order valence-corrected chi connectivity index (χ4v) is 4.84. The second kappa shape index (κ2) is 11.2. The Labute approximate surface area is 183 Å². The summed E-state index contributed by atoms with van der Waals surface area (Å²) in [6, 6.07) is 11.7. The molecule has 2 aromatic rings. The minimum atomic E-state index is -3.22. The molecular formula is C23H31N2O5P. The van der Waals surface area contributed by atoms with E-state index in [0.717, 1.165) is 22.3 Å². The second-order valence-electron chi connectivity index (χ2n) is 7.35. The largest absolute Gasteiger partial charge is 0.368 e. The Hall–Kier alpha value is -2.47.